The van der Waals surface area contributed by atoms with Crippen molar-refractivity contribution in [3.05, 3.63) is 0 Å². The fraction of sp³-hybridized carbons (Fsp3) is 0.900. The fourth-order valence-electron chi connectivity index (χ4n) is 2.53. The fourth-order valence-corrected chi connectivity index (χ4v) is 2.53. The normalized spacial score (nSPS) is 34.1. The minimum absolute atomic E-state index is 0.240. The van der Waals surface area contributed by atoms with Gasteiger partial charge in [-0.15, -0.1) is 0 Å². The number of amides is 1. The Labute approximate surface area is 79.5 Å². The molecule has 0 bridgehead atoms. The van der Waals surface area contributed by atoms with Crippen LogP contribution in [0.3, 0.4) is 0 Å². The highest BCUT2D eigenvalue weighted by Crippen LogP contribution is 2.24. The van der Waals surface area contributed by atoms with Crippen LogP contribution in [-0.4, -0.2) is 36.5 Å². The van der Waals surface area contributed by atoms with Gasteiger partial charge in [0, 0.05) is 26.1 Å². The summed E-state index contributed by atoms with van der Waals surface area (Å²) >= 11 is 0. The number of carbonyl (C=O) groups excluding carboxylic acids is 1. The molecule has 2 heterocycles. The van der Waals surface area contributed by atoms with Gasteiger partial charge in [-0.05, 0) is 31.7 Å². The molecule has 2 saturated heterocycles. The van der Waals surface area contributed by atoms with E-state index < -0.39 is 0 Å². The molecule has 0 aromatic heterocycles. The Morgan fingerprint density at radius 2 is 2.31 bits per heavy atom. The van der Waals surface area contributed by atoms with Crippen LogP contribution in [0.4, 0.5) is 0 Å². The van der Waals surface area contributed by atoms with Crippen molar-refractivity contribution < 1.29 is 4.79 Å². The quantitative estimate of drug-likeness (QED) is 0.595. The van der Waals surface area contributed by atoms with E-state index in [0.29, 0.717) is 12.0 Å². The second-order valence-electron chi connectivity index (χ2n) is 4.22. The Morgan fingerprint density at radius 3 is 3.08 bits per heavy atom. The summed E-state index contributed by atoms with van der Waals surface area (Å²) in [6, 6.07) is 0.685. The number of rotatable bonds is 0. The van der Waals surface area contributed by atoms with Gasteiger partial charge in [-0.25, -0.2) is 0 Å². The predicted molar refractivity (Wildman–Crippen MR) is 51.4 cm³/mol. The zero-order valence-electron chi connectivity index (χ0n) is 8.25. The van der Waals surface area contributed by atoms with Gasteiger partial charge in [-0.1, -0.05) is 0 Å². The van der Waals surface area contributed by atoms with E-state index in [1.165, 1.54) is 19.4 Å². The topological polar surface area (TPSA) is 32.3 Å². The van der Waals surface area contributed by atoms with Gasteiger partial charge in [0.2, 0.25) is 5.91 Å². The first-order chi connectivity index (χ1) is 6.27. The highest BCUT2D eigenvalue weighted by molar-refractivity contribution is 5.73. The van der Waals surface area contributed by atoms with E-state index in [1.807, 2.05) is 4.90 Å². The van der Waals surface area contributed by atoms with E-state index in [4.69, 9.17) is 0 Å². The van der Waals surface area contributed by atoms with Crippen molar-refractivity contribution in [3.63, 3.8) is 0 Å². The van der Waals surface area contributed by atoms with E-state index in [1.54, 1.807) is 6.92 Å². The minimum Gasteiger partial charge on any atom is -0.343 e. The summed E-state index contributed by atoms with van der Waals surface area (Å²) in [6.45, 7) is 4.77. The maximum Gasteiger partial charge on any atom is 0.219 e. The van der Waals surface area contributed by atoms with Crippen LogP contribution in [-0.2, 0) is 4.79 Å². The van der Waals surface area contributed by atoms with Gasteiger partial charge < -0.3 is 10.2 Å². The summed E-state index contributed by atoms with van der Waals surface area (Å²) in [5, 5.41) is 3.54. The molecule has 3 heteroatoms. The lowest BCUT2D eigenvalue weighted by molar-refractivity contribution is -0.131. The molecule has 2 aliphatic heterocycles. The van der Waals surface area contributed by atoms with Crippen LogP contribution in [0.15, 0.2) is 0 Å². The molecular weight excluding hydrogens is 164 g/mol. The third-order valence-corrected chi connectivity index (χ3v) is 3.34. The number of nitrogens with zero attached hydrogens (tertiary/aromatic N) is 1. The lowest BCUT2D eigenvalue weighted by atomic mass is 9.85. The first-order valence-electron chi connectivity index (χ1n) is 5.26. The Bertz CT molecular complexity index is 205. The van der Waals surface area contributed by atoms with Crippen molar-refractivity contribution in [2.75, 3.05) is 19.6 Å². The summed E-state index contributed by atoms with van der Waals surface area (Å²) in [5.74, 6) is 0.954. The van der Waals surface area contributed by atoms with E-state index in [-0.39, 0.29) is 5.91 Å². The van der Waals surface area contributed by atoms with Gasteiger partial charge in [0.25, 0.3) is 0 Å². The molecule has 0 aromatic carbocycles. The van der Waals surface area contributed by atoms with Gasteiger partial charge in [-0.3, -0.25) is 4.79 Å². The van der Waals surface area contributed by atoms with E-state index in [2.05, 4.69) is 5.32 Å². The van der Waals surface area contributed by atoms with E-state index >= 15 is 0 Å². The summed E-state index contributed by atoms with van der Waals surface area (Å²) in [4.78, 5) is 13.2. The van der Waals surface area contributed by atoms with Crippen molar-refractivity contribution >= 4 is 5.91 Å². The lowest BCUT2D eigenvalue weighted by Gasteiger charge is -2.41. The Morgan fingerprint density at radius 1 is 1.46 bits per heavy atom. The summed E-state index contributed by atoms with van der Waals surface area (Å²) in [5.41, 5.74) is 0. The molecular formula is C10H18N2O. The summed E-state index contributed by atoms with van der Waals surface area (Å²) in [6.07, 6.45) is 3.71. The minimum atomic E-state index is 0.240. The average Bonchev–Trinajstić information content (AvgIpc) is 2.17. The maximum absolute atomic E-state index is 11.2. The average molecular weight is 182 g/mol. The number of nitrogens with one attached hydrogen (secondary N) is 1. The van der Waals surface area contributed by atoms with Crippen LogP contribution in [0.1, 0.15) is 26.2 Å². The number of fused-ring (bicyclic) bond motifs is 1. The van der Waals surface area contributed by atoms with E-state index in [0.717, 1.165) is 19.5 Å². The van der Waals surface area contributed by atoms with Crippen LogP contribution < -0.4 is 5.32 Å². The largest absolute Gasteiger partial charge is 0.343 e. The van der Waals surface area contributed by atoms with Crippen molar-refractivity contribution in [1.82, 2.24) is 10.2 Å². The summed E-state index contributed by atoms with van der Waals surface area (Å²) < 4.78 is 0. The van der Waals surface area contributed by atoms with Gasteiger partial charge >= 0.3 is 0 Å². The standard InChI is InChI=1S/C10H18N2O/c1-8(13)12-6-4-10-9(7-12)3-2-5-11-10/h9-11H,2-7H2,1H3/t9-,10+/m1/s1. The van der Waals surface area contributed by atoms with Crippen LogP contribution in [0, 0.1) is 5.92 Å². The number of carbonyl (C=O) groups is 1. The van der Waals surface area contributed by atoms with Gasteiger partial charge in [0.05, 0.1) is 0 Å². The zero-order valence-corrected chi connectivity index (χ0v) is 8.25. The third kappa shape index (κ3) is 1.85. The molecule has 1 amide bonds. The first-order valence-corrected chi connectivity index (χ1v) is 5.26. The zero-order chi connectivity index (χ0) is 9.26. The van der Waals surface area contributed by atoms with Crippen LogP contribution in [0.2, 0.25) is 0 Å². The SMILES string of the molecule is CC(=O)N1CC[C@@H]2NCCC[C@@H]2C1. The molecule has 2 rings (SSSR count). The van der Waals surface area contributed by atoms with Crippen LogP contribution in [0.5, 0.6) is 0 Å². The number of piperidine rings is 2. The predicted octanol–water partition coefficient (Wildman–Crippen LogP) is 0.607. The van der Waals surface area contributed by atoms with Crippen molar-refractivity contribution in [2.45, 2.75) is 32.2 Å². The monoisotopic (exact) mass is 182 g/mol. The van der Waals surface area contributed by atoms with Crippen molar-refractivity contribution in [3.8, 4) is 0 Å². The number of likely N-dealkylation sites (tertiary alicyclic amines) is 1. The molecule has 2 atom stereocenters. The molecule has 2 fully saturated rings. The van der Waals surface area contributed by atoms with E-state index in [9.17, 15) is 4.79 Å². The molecule has 2 aliphatic rings. The molecule has 0 aromatic rings. The molecule has 0 spiro atoms. The first kappa shape index (κ1) is 9.00. The number of hydrogen-bond acceptors (Lipinski definition) is 2. The van der Waals surface area contributed by atoms with Gasteiger partial charge in [0.1, 0.15) is 0 Å². The smallest absolute Gasteiger partial charge is 0.219 e. The molecule has 74 valence electrons. The van der Waals surface area contributed by atoms with Crippen molar-refractivity contribution in [1.29, 1.82) is 0 Å². The van der Waals surface area contributed by atoms with Gasteiger partial charge in [0.15, 0.2) is 0 Å². The van der Waals surface area contributed by atoms with Gasteiger partial charge in [-0.2, -0.15) is 0 Å². The second kappa shape index (κ2) is 3.66. The molecule has 0 unspecified atom stereocenters. The van der Waals surface area contributed by atoms with Crippen LogP contribution >= 0.6 is 0 Å². The highest BCUT2D eigenvalue weighted by atomic mass is 16.2. The maximum atomic E-state index is 11.2. The summed E-state index contributed by atoms with van der Waals surface area (Å²) in [7, 11) is 0. The Kier molecular flexibility index (Phi) is 2.54. The molecule has 0 aliphatic carbocycles. The third-order valence-electron chi connectivity index (χ3n) is 3.34. The Hall–Kier alpha value is -0.570. The number of hydrogen-bond donors (Lipinski definition) is 1. The molecule has 3 nitrogen and oxygen atoms in total. The highest BCUT2D eigenvalue weighted by Gasteiger charge is 2.31. The lowest BCUT2D eigenvalue weighted by Crippen LogP contribution is -2.53. The molecule has 13 heavy (non-hydrogen) atoms. The van der Waals surface area contributed by atoms with Crippen molar-refractivity contribution in [2.24, 2.45) is 5.92 Å². The van der Waals surface area contributed by atoms with Crippen LogP contribution in [0.25, 0.3) is 0 Å². The second-order valence-corrected chi connectivity index (χ2v) is 4.22. The molecule has 1 N–H and O–H groups in total. The Balaban J connectivity index is 1.95. The molecule has 0 radical (unpaired) electrons. The molecule has 0 saturated carbocycles.